The molecule has 1 amide bonds. The lowest BCUT2D eigenvalue weighted by atomic mass is 10.0. The fourth-order valence-corrected chi connectivity index (χ4v) is 2.86. The third-order valence-corrected chi connectivity index (χ3v) is 4.32. The maximum atomic E-state index is 12.4. The van der Waals surface area contributed by atoms with Crippen LogP contribution in [-0.4, -0.2) is 15.7 Å². The molecule has 0 unspecified atom stereocenters. The number of halogens is 1. The smallest absolute Gasteiger partial charge is 0.275 e. The van der Waals surface area contributed by atoms with Crippen molar-refractivity contribution in [2.75, 3.05) is 0 Å². The van der Waals surface area contributed by atoms with Crippen LogP contribution in [0.4, 0.5) is 0 Å². The molecule has 0 aliphatic heterocycles. The van der Waals surface area contributed by atoms with Gasteiger partial charge in [-0.25, -0.2) is 4.68 Å². The van der Waals surface area contributed by atoms with Crippen LogP contribution in [0.2, 0.25) is 5.02 Å². The molecule has 0 aliphatic carbocycles. The molecule has 0 aliphatic rings. The van der Waals surface area contributed by atoms with Crippen molar-refractivity contribution in [1.82, 2.24) is 15.1 Å². The molecule has 3 aromatic rings. The van der Waals surface area contributed by atoms with E-state index in [1.165, 1.54) is 4.68 Å². The molecule has 0 fully saturated rings. The predicted molar refractivity (Wildman–Crippen MR) is 98.6 cm³/mol. The third kappa shape index (κ3) is 3.88. The maximum absolute atomic E-state index is 12.4. The van der Waals surface area contributed by atoms with Crippen molar-refractivity contribution in [2.24, 2.45) is 0 Å². The summed E-state index contributed by atoms with van der Waals surface area (Å²) in [5.41, 5.74) is 0.701. The first-order valence-corrected chi connectivity index (χ1v) is 8.46. The monoisotopic (exact) mass is 355 g/mol. The second-order valence-corrected chi connectivity index (χ2v) is 6.21. The van der Waals surface area contributed by atoms with Gasteiger partial charge in [0.1, 0.15) is 6.54 Å². The number of nitrogens with zero attached hydrogens (tertiary/aromatic N) is 2. The molecule has 2 aromatic carbocycles. The predicted octanol–water partition coefficient (Wildman–Crippen LogP) is 3.32. The maximum Gasteiger partial charge on any atom is 0.275 e. The van der Waals surface area contributed by atoms with Crippen LogP contribution >= 0.6 is 11.6 Å². The Morgan fingerprint density at radius 2 is 1.92 bits per heavy atom. The van der Waals surface area contributed by atoms with Crippen molar-refractivity contribution in [1.29, 1.82) is 0 Å². The molecular formula is C19H18ClN3O2. The fourth-order valence-electron chi connectivity index (χ4n) is 2.73. The first kappa shape index (κ1) is 17.2. The zero-order valence-electron chi connectivity index (χ0n) is 13.8. The second-order valence-electron chi connectivity index (χ2n) is 5.77. The summed E-state index contributed by atoms with van der Waals surface area (Å²) < 4.78 is 1.19. The van der Waals surface area contributed by atoms with Crippen LogP contribution in [0.5, 0.6) is 0 Å². The van der Waals surface area contributed by atoms with Gasteiger partial charge < -0.3 is 5.32 Å². The molecule has 5 nitrogen and oxygen atoms in total. The Morgan fingerprint density at radius 1 is 1.20 bits per heavy atom. The lowest BCUT2D eigenvalue weighted by molar-refractivity contribution is -0.122. The number of hydrogen-bond donors (Lipinski definition) is 1. The largest absolute Gasteiger partial charge is 0.348 e. The summed E-state index contributed by atoms with van der Waals surface area (Å²) in [4.78, 5) is 24.8. The minimum absolute atomic E-state index is 0.117. The number of amides is 1. The lowest BCUT2D eigenvalue weighted by Gasteiger charge is -2.18. The Morgan fingerprint density at radius 3 is 2.64 bits per heavy atom. The molecule has 1 N–H and O–H groups in total. The zero-order chi connectivity index (χ0) is 17.8. The standard InChI is InChI=1S/C19H18ClN3O2/c1-2-17(13-7-9-15(20)10-8-13)22-18(24)12-23-19(25)16-6-4-3-5-14(16)11-21-23/h3-11,17H,2,12H2,1H3,(H,22,24)/t17-/m1/s1. The molecule has 1 heterocycles. The number of aromatic nitrogens is 2. The summed E-state index contributed by atoms with van der Waals surface area (Å²) in [7, 11) is 0. The van der Waals surface area contributed by atoms with E-state index in [9.17, 15) is 9.59 Å². The van der Waals surface area contributed by atoms with Gasteiger partial charge >= 0.3 is 0 Å². The van der Waals surface area contributed by atoms with Crippen LogP contribution in [-0.2, 0) is 11.3 Å². The van der Waals surface area contributed by atoms with Crippen LogP contribution in [0.25, 0.3) is 10.8 Å². The average Bonchev–Trinajstić information content (AvgIpc) is 2.63. The highest BCUT2D eigenvalue weighted by Crippen LogP contribution is 2.19. The highest BCUT2D eigenvalue weighted by Gasteiger charge is 2.14. The zero-order valence-corrected chi connectivity index (χ0v) is 14.5. The van der Waals surface area contributed by atoms with Crippen LogP contribution < -0.4 is 10.9 Å². The molecular weight excluding hydrogens is 338 g/mol. The van der Waals surface area contributed by atoms with Crippen molar-refractivity contribution in [3.05, 3.63) is 75.7 Å². The Labute approximate surface area is 150 Å². The quantitative estimate of drug-likeness (QED) is 0.763. The average molecular weight is 356 g/mol. The van der Waals surface area contributed by atoms with Crippen molar-refractivity contribution in [3.8, 4) is 0 Å². The summed E-state index contributed by atoms with van der Waals surface area (Å²) in [6, 6.07) is 14.4. The first-order valence-electron chi connectivity index (χ1n) is 8.08. The molecule has 0 bridgehead atoms. The Bertz CT molecular complexity index is 951. The normalized spacial score (nSPS) is 12.1. The van der Waals surface area contributed by atoms with Crippen LogP contribution in [0.3, 0.4) is 0 Å². The minimum Gasteiger partial charge on any atom is -0.348 e. The molecule has 0 spiro atoms. The van der Waals surface area contributed by atoms with Gasteiger partial charge in [0.15, 0.2) is 0 Å². The number of benzene rings is 2. The van der Waals surface area contributed by atoms with Crippen molar-refractivity contribution in [2.45, 2.75) is 25.9 Å². The topological polar surface area (TPSA) is 64.0 Å². The van der Waals surface area contributed by atoms with Gasteiger partial charge in [-0.1, -0.05) is 48.9 Å². The van der Waals surface area contributed by atoms with Gasteiger partial charge in [-0.05, 0) is 30.2 Å². The van der Waals surface area contributed by atoms with Crippen LogP contribution in [0.1, 0.15) is 24.9 Å². The van der Waals surface area contributed by atoms with E-state index in [1.54, 1.807) is 30.5 Å². The molecule has 25 heavy (non-hydrogen) atoms. The molecule has 0 saturated carbocycles. The van der Waals surface area contributed by atoms with Gasteiger partial charge in [0.2, 0.25) is 5.91 Å². The Kier molecular flexibility index (Phi) is 5.14. The first-order chi connectivity index (χ1) is 12.1. The number of carbonyl (C=O) groups is 1. The van der Waals surface area contributed by atoms with Crippen LogP contribution in [0, 0.1) is 0 Å². The number of carbonyl (C=O) groups excluding carboxylic acids is 1. The molecule has 0 radical (unpaired) electrons. The van der Waals surface area contributed by atoms with Crippen LogP contribution in [0.15, 0.2) is 59.5 Å². The molecule has 1 aromatic heterocycles. The number of rotatable bonds is 5. The van der Waals surface area contributed by atoms with E-state index in [0.717, 1.165) is 17.4 Å². The molecule has 0 saturated heterocycles. The van der Waals surface area contributed by atoms with Crippen molar-refractivity contribution >= 4 is 28.3 Å². The Hall–Kier alpha value is -2.66. The third-order valence-electron chi connectivity index (χ3n) is 4.07. The summed E-state index contributed by atoms with van der Waals surface area (Å²) in [5.74, 6) is -0.258. The van der Waals surface area contributed by atoms with Crippen molar-refractivity contribution in [3.63, 3.8) is 0 Å². The van der Waals surface area contributed by atoms with E-state index in [-0.39, 0.29) is 24.1 Å². The summed E-state index contributed by atoms with van der Waals surface area (Å²) in [6.45, 7) is 1.87. The highest BCUT2D eigenvalue weighted by atomic mass is 35.5. The van der Waals surface area contributed by atoms with Gasteiger partial charge in [-0.3, -0.25) is 9.59 Å². The van der Waals surface area contributed by atoms with E-state index in [2.05, 4.69) is 10.4 Å². The minimum atomic E-state index is -0.271. The van der Waals surface area contributed by atoms with Gasteiger partial charge in [0.05, 0.1) is 17.6 Å². The van der Waals surface area contributed by atoms with E-state index in [1.807, 2.05) is 31.2 Å². The summed E-state index contributed by atoms with van der Waals surface area (Å²) in [5, 5.41) is 9.00. The van der Waals surface area contributed by atoms with Crippen molar-refractivity contribution < 1.29 is 4.79 Å². The van der Waals surface area contributed by atoms with Gasteiger partial charge in [-0.15, -0.1) is 0 Å². The van der Waals surface area contributed by atoms with Gasteiger partial charge in [-0.2, -0.15) is 5.10 Å². The lowest BCUT2D eigenvalue weighted by Crippen LogP contribution is -2.35. The van der Waals surface area contributed by atoms with Gasteiger partial charge in [0, 0.05) is 10.4 Å². The number of hydrogen-bond acceptors (Lipinski definition) is 3. The van der Waals surface area contributed by atoms with E-state index in [4.69, 9.17) is 11.6 Å². The number of nitrogens with one attached hydrogen (secondary N) is 1. The molecule has 128 valence electrons. The Balaban J connectivity index is 1.76. The highest BCUT2D eigenvalue weighted by molar-refractivity contribution is 6.30. The SMILES string of the molecule is CC[C@@H](NC(=O)Cn1ncc2ccccc2c1=O)c1ccc(Cl)cc1. The fraction of sp³-hybridized carbons (Fsp3) is 0.211. The summed E-state index contributed by atoms with van der Waals surface area (Å²) >= 11 is 5.90. The second kappa shape index (κ2) is 7.49. The van der Waals surface area contributed by atoms with E-state index in [0.29, 0.717) is 10.4 Å². The molecule has 3 rings (SSSR count). The van der Waals surface area contributed by atoms with Gasteiger partial charge in [0.25, 0.3) is 5.56 Å². The molecule has 6 heteroatoms. The summed E-state index contributed by atoms with van der Waals surface area (Å²) in [6.07, 6.45) is 2.33. The van der Waals surface area contributed by atoms with E-state index >= 15 is 0 Å². The number of fused-ring (bicyclic) bond motifs is 1. The molecule has 1 atom stereocenters. The van der Waals surface area contributed by atoms with E-state index < -0.39 is 0 Å².